The SMILES string of the molecule is CCOC(=O)c1c(NC(=CC(=O)c2ccccc2)C(O)=C(C#N)C#N)sc2c1CCCC2. The molecule has 2 aromatic rings. The number of carbonyl (C=O) groups is 2. The van der Waals surface area contributed by atoms with E-state index in [-0.39, 0.29) is 12.3 Å². The van der Waals surface area contributed by atoms with Gasteiger partial charge >= 0.3 is 5.97 Å². The van der Waals surface area contributed by atoms with E-state index in [1.165, 1.54) is 11.3 Å². The van der Waals surface area contributed by atoms with Crippen LogP contribution in [0.2, 0.25) is 0 Å². The van der Waals surface area contributed by atoms with E-state index in [0.29, 0.717) is 16.1 Å². The van der Waals surface area contributed by atoms with Crippen LogP contribution < -0.4 is 5.32 Å². The van der Waals surface area contributed by atoms with Crippen molar-refractivity contribution in [1.29, 1.82) is 10.5 Å². The summed E-state index contributed by atoms with van der Waals surface area (Å²) < 4.78 is 5.24. The van der Waals surface area contributed by atoms with Gasteiger partial charge in [0.1, 0.15) is 17.1 Å². The van der Waals surface area contributed by atoms with Crippen molar-refractivity contribution >= 4 is 28.1 Å². The van der Waals surface area contributed by atoms with Gasteiger partial charge in [-0.1, -0.05) is 30.3 Å². The first-order valence-electron chi connectivity index (χ1n) is 10.1. The topological polar surface area (TPSA) is 123 Å². The van der Waals surface area contributed by atoms with E-state index in [1.807, 2.05) is 0 Å². The van der Waals surface area contributed by atoms with Crippen molar-refractivity contribution in [2.45, 2.75) is 32.6 Å². The molecule has 8 heteroatoms. The van der Waals surface area contributed by atoms with Crippen LogP contribution in [0, 0.1) is 22.7 Å². The largest absolute Gasteiger partial charge is 0.504 e. The summed E-state index contributed by atoms with van der Waals surface area (Å²) in [6.07, 6.45) is 4.62. The number of carbonyl (C=O) groups excluding carboxylic acids is 2. The molecule has 32 heavy (non-hydrogen) atoms. The number of benzene rings is 1. The van der Waals surface area contributed by atoms with Gasteiger partial charge < -0.3 is 15.2 Å². The van der Waals surface area contributed by atoms with Crippen molar-refractivity contribution < 1.29 is 19.4 Å². The second-order valence-corrected chi connectivity index (χ2v) is 8.10. The zero-order chi connectivity index (χ0) is 23.1. The number of thiophene rings is 1. The molecular formula is C24H21N3O4S. The second kappa shape index (κ2) is 10.4. The summed E-state index contributed by atoms with van der Waals surface area (Å²) in [5, 5.41) is 32.4. The molecule has 1 aromatic carbocycles. The first-order valence-corrected chi connectivity index (χ1v) is 10.9. The predicted molar refractivity (Wildman–Crippen MR) is 120 cm³/mol. The molecule has 0 atom stereocenters. The zero-order valence-corrected chi connectivity index (χ0v) is 18.3. The summed E-state index contributed by atoms with van der Waals surface area (Å²) in [5.74, 6) is -1.60. The van der Waals surface area contributed by atoms with Crippen LogP contribution in [0.5, 0.6) is 0 Å². The molecule has 1 heterocycles. The predicted octanol–water partition coefficient (Wildman–Crippen LogP) is 4.84. The number of aryl methyl sites for hydroxylation is 1. The number of anilines is 1. The number of hydrogen-bond donors (Lipinski definition) is 2. The number of ether oxygens (including phenoxy) is 1. The lowest BCUT2D eigenvalue weighted by Crippen LogP contribution is -2.13. The maximum Gasteiger partial charge on any atom is 0.341 e. The van der Waals surface area contributed by atoms with Crippen molar-refractivity contribution in [3.63, 3.8) is 0 Å². The van der Waals surface area contributed by atoms with Crippen LogP contribution in [0.15, 0.2) is 53.4 Å². The lowest BCUT2D eigenvalue weighted by atomic mass is 9.95. The minimum absolute atomic E-state index is 0.138. The lowest BCUT2D eigenvalue weighted by molar-refractivity contribution is 0.0526. The fourth-order valence-electron chi connectivity index (χ4n) is 3.44. The third kappa shape index (κ3) is 4.88. The first kappa shape index (κ1) is 22.8. The van der Waals surface area contributed by atoms with E-state index >= 15 is 0 Å². The number of ketones is 1. The van der Waals surface area contributed by atoms with Gasteiger partial charge in [-0.05, 0) is 38.2 Å². The molecule has 0 saturated carbocycles. The summed E-state index contributed by atoms with van der Waals surface area (Å²) in [6, 6.07) is 11.6. The van der Waals surface area contributed by atoms with Crippen LogP contribution in [0.4, 0.5) is 5.00 Å². The van der Waals surface area contributed by atoms with Crippen molar-refractivity contribution in [3.05, 3.63) is 75.0 Å². The fraction of sp³-hybridized carbons (Fsp3) is 0.250. The molecule has 1 aliphatic carbocycles. The number of nitriles is 2. The molecule has 0 amide bonds. The molecule has 0 bridgehead atoms. The Kier molecular flexibility index (Phi) is 7.43. The Bertz CT molecular complexity index is 1160. The van der Waals surface area contributed by atoms with E-state index in [0.717, 1.165) is 42.2 Å². The number of aliphatic hydroxyl groups excluding tert-OH is 1. The van der Waals surface area contributed by atoms with Gasteiger partial charge in [-0.2, -0.15) is 10.5 Å². The summed E-state index contributed by atoms with van der Waals surface area (Å²) >= 11 is 1.35. The molecule has 0 radical (unpaired) electrons. The highest BCUT2D eigenvalue weighted by Gasteiger charge is 2.27. The number of nitrogens with one attached hydrogen (secondary N) is 1. The molecule has 1 aliphatic rings. The average Bonchev–Trinajstić information content (AvgIpc) is 3.18. The van der Waals surface area contributed by atoms with Crippen LogP contribution >= 0.6 is 11.3 Å². The maximum absolute atomic E-state index is 12.8. The van der Waals surface area contributed by atoms with Gasteiger partial charge in [0, 0.05) is 16.5 Å². The number of esters is 1. The van der Waals surface area contributed by atoms with Gasteiger partial charge in [-0.15, -0.1) is 11.3 Å². The highest BCUT2D eigenvalue weighted by Crippen LogP contribution is 2.39. The van der Waals surface area contributed by atoms with E-state index in [4.69, 9.17) is 4.74 Å². The number of nitrogens with zero attached hydrogens (tertiary/aromatic N) is 2. The number of aliphatic hydroxyl groups is 1. The van der Waals surface area contributed by atoms with E-state index in [2.05, 4.69) is 5.32 Å². The Morgan fingerprint density at radius 3 is 2.53 bits per heavy atom. The summed E-state index contributed by atoms with van der Waals surface area (Å²) in [6.45, 7) is 1.92. The Morgan fingerprint density at radius 2 is 1.88 bits per heavy atom. The van der Waals surface area contributed by atoms with Gasteiger partial charge in [0.15, 0.2) is 17.1 Å². The van der Waals surface area contributed by atoms with E-state index in [9.17, 15) is 25.2 Å². The zero-order valence-electron chi connectivity index (χ0n) is 17.5. The van der Waals surface area contributed by atoms with Crippen LogP contribution in [0.25, 0.3) is 0 Å². The average molecular weight is 448 g/mol. The van der Waals surface area contributed by atoms with Crippen molar-refractivity contribution in [2.75, 3.05) is 11.9 Å². The fourth-order valence-corrected chi connectivity index (χ4v) is 4.73. The minimum Gasteiger partial charge on any atom is -0.504 e. The summed E-state index contributed by atoms with van der Waals surface area (Å²) in [7, 11) is 0. The van der Waals surface area contributed by atoms with E-state index < -0.39 is 23.1 Å². The van der Waals surface area contributed by atoms with Gasteiger partial charge in [-0.25, -0.2) is 4.79 Å². The number of allylic oxidation sites excluding steroid dienone is 2. The summed E-state index contributed by atoms with van der Waals surface area (Å²) in [5.41, 5.74) is 0.948. The molecule has 0 spiro atoms. The minimum atomic E-state index is -0.666. The molecule has 1 aromatic heterocycles. The monoisotopic (exact) mass is 447 g/mol. The second-order valence-electron chi connectivity index (χ2n) is 7.00. The van der Waals surface area contributed by atoms with Gasteiger partial charge in [0.05, 0.1) is 17.9 Å². The van der Waals surface area contributed by atoms with Gasteiger partial charge in [-0.3, -0.25) is 4.79 Å². The highest BCUT2D eigenvalue weighted by atomic mass is 32.1. The normalized spacial score (nSPS) is 12.7. The molecule has 162 valence electrons. The van der Waals surface area contributed by atoms with Crippen LogP contribution in [0.1, 0.15) is 50.9 Å². The smallest absolute Gasteiger partial charge is 0.341 e. The molecule has 0 aliphatic heterocycles. The Balaban J connectivity index is 2.11. The highest BCUT2D eigenvalue weighted by molar-refractivity contribution is 7.16. The van der Waals surface area contributed by atoms with Crippen molar-refractivity contribution in [2.24, 2.45) is 0 Å². The van der Waals surface area contributed by atoms with Crippen LogP contribution in [0.3, 0.4) is 0 Å². The van der Waals surface area contributed by atoms with Gasteiger partial charge in [0.25, 0.3) is 0 Å². The third-order valence-electron chi connectivity index (χ3n) is 4.95. The molecule has 3 rings (SSSR count). The summed E-state index contributed by atoms with van der Waals surface area (Å²) in [4.78, 5) is 26.5. The lowest BCUT2D eigenvalue weighted by Gasteiger charge is -2.13. The van der Waals surface area contributed by atoms with Crippen molar-refractivity contribution in [1.82, 2.24) is 0 Å². The Morgan fingerprint density at radius 1 is 1.19 bits per heavy atom. The number of hydrogen-bond acceptors (Lipinski definition) is 8. The molecular weight excluding hydrogens is 426 g/mol. The third-order valence-corrected chi connectivity index (χ3v) is 6.16. The van der Waals surface area contributed by atoms with Crippen LogP contribution in [-0.2, 0) is 17.6 Å². The Labute approximate surface area is 189 Å². The molecule has 0 saturated heterocycles. The molecule has 2 N–H and O–H groups in total. The first-order chi connectivity index (χ1) is 15.5. The number of rotatable bonds is 7. The molecule has 0 unspecified atom stereocenters. The number of fused-ring (bicyclic) bond motifs is 1. The molecule has 7 nitrogen and oxygen atoms in total. The van der Waals surface area contributed by atoms with Crippen LogP contribution in [-0.4, -0.2) is 23.5 Å². The van der Waals surface area contributed by atoms with Crippen molar-refractivity contribution in [3.8, 4) is 12.1 Å². The standard InChI is InChI=1S/C24H21N3O4S/c1-2-31-24(30)21-17-10-6-7-11-20(17)32-23(21)27-18(22(29)16(13-25)14-26)12-19(28)15-8-4-3-5-9-15/h3-5,8-9,12,27,29H,2,6-7,10-11H2,1H3. The van der Waals surface area contributed by atoms with Gasteiger partial charge in [0.2, 0.25) is 0 Å². The molecule has 0 fully saturated rings. The quantitative estimate of drug-likeness (QED) is 0.155. The Hall–Kier alpha value is -3.88. The maximum atomic E-state index is 12.8. The van der Waals surface area contributed by atoms with E-state index in [1.54, 1.807) is 49.4 Å².